The van der Waals surface area contributed by atoms with E-state index in [1.807, 2.05) is 0 Å². The van der Waals surface area contributed by atoms with Crippen molar-refractivity contribution in [3.63, 3.8) is 0 Å². The van der Waals surface area contributed by atoms with Crippen LogP contribution in [0.15, 0.2) is 24.3 Å². The Morgan fingerprint density at radius 2 is 1.67 bits per heavy atom. The number of aliphatic hydroxyl groups excluding tert-OH is 1. The van der Waals surface area contributed by atoms with Crippen LogP contribution in [0.4, 0.5) is 4.39 Å². The van der Waals surface area contributed by atoms with Gasteiger partial charge in [-0.2, -0.15) is 8.42 Å². The zero-order chi connectivity index (χ0) is 16.3. The van der Waals surface area contributed by atoms with E-state index in [9.17, 15) is 17.9 Å². The van der Waals surface area contributed by atoms with Crippen molar-refractivity contribution in [3.8, 4) is 0 Å². The molecule has 1 aromatic rings. The normalized spacial score (nSPS) is 12.4. The predicted octanol–water partition coefficient (Wildman–Crippen LogP) is 3.38. The topological polar surface area (TPSA) is 74.6 Å². The summed E-state index contributed by atoms with van der Waals surface area (Å²) in [6.07, 6.45) is 6.53. The van der Waals surface area contributed by atoms with Crippen molar-refractivity contribution < 1.29 is 22.5 Å². The van der Waals surface area contributed by atoms with Gasteiger partial charge in [-0.05, 0) is 24.1 Å². The van der Waals surface area contributed by atoms with Crippen LogP contribution in [0.1, 0.15) is 50.5 Å². The monoisotopic (exact) mass is 320 g/mol. The number of unbranched alkanes of at least 4 members (excludes halogenated alkanes) is 3. The van der Waals surface area contributed by atoms with Crippen molar-refractivity contribution in [1.29, 1.82) is 0 Å². The summed E-state index contributed by atoms with van der Waals surface area (Å²) >= 11 is 0. The average molecular weight is 320 g/mol. The second kappa shape index (κ2) is 10.7. The van der Waals surface area contributed by atoms with Crippen LogP contribution in [0.3, 0.4) is 0 Å². The Morgan fingerprint density at radius 3 is 2.10 bits per heavy atom. The van der Waals surface area contributed by atoms with Crippen LogP contribution in [0.5, 0.6) is 0 Å². The molecular formula is C15H25FO4S. The van der Waals surface area contributed by atoms with E-state index in [0.29, 0.717) is 6.26 Å². The van der Waals surface area contributed by atoms with Gasteiger partial charge in [-0.3, -0.25) is 4.55 Å². The van der Waals surface area contributed by atoms with Crippen LogP contribution < -0.4 is 0 Å². The molecule has 1 rings (SSSR count). The quantitative estimate of drug-likeness (QED) is 0.596. The van der Waals surface area contributed by atoms with E-state index < -0.39 is 10.1 Å². The lowest BCUT2D eigenvalue weighted by atomic mass is 9.94. The summed E-state index contributed by atoms with van der Waals surface area (Å²) in [5.74, 6) is -0.0520. The molecule has 0 fully saturated rings. The van der Waals surface area contributed by atoms with Crippen molar-refractivity contribution in [3.05, 3.63) is 35.6 Å². The molecule has 0 amide bonds. The van der Waals surface area contributed by atoms with Crippen molar-refractivity contribution in [2.75, 3.05) is 12.9 Å². The van der Waals surface area contributed by atoms with Gasteiger partial charge in [0.1, 0.15) is 5.82 Å². The predicted molar refractivity (Wildman–Crippen MR) is 82.5 cm³/mol. The Balaban J connectivity index is 0.000000690. The van der Waals surface area contributed by atoms with Crippen molar-refractivity contribution in [1.82, 2.24) is 0 Å². The molecule has 0 saturated heterocycles. The lowest BCUT2D eigenvalue weighted by Gasteiger charge is -2.14. The molecule has 1 aromatic carbocycles. The molecule has 0 aromatic heterocycles. The Morgan fingerprint density at radius 1 is 1.14 bits per heavy atom. The van der Waals surface area contributed by atoms with Gasteiger partial charge in [-0.1, -0.05) is 44.7 Å². The summed E-state index contributed by atoms with van der Waals surface area (Å²) in [5, 5.41) is 9.31. The highest BCUT2D eigenvalue weighted by Gasteiger charge is 2.09. The fourth-order valence-electron chi connectivity index (χ4n) is 1.92. The highest BCUT2D eigenvalue weighted by atomic mass is 32.2. The van der Waals surface area contributed by atoms with Crippen LogP contribution in [0.25, 0.3) is 0 Å². The standard InChI is InChI=1S/C14H21FO.CH4O3S/c1-2-3-4-5-6-13(11-16)12-7-9-14(15)10-8-12;1-5(2,3)4/h7-10,13,16H,2-6,11H2,1H3;1H3,(H,2,3,4). The Bertz CT molecular complexity index is 463. The zero-order valence-electron chi connectivity index (χ0n) is 12.6. The third-order valence-corrected chi connectivity index (χ3v) is 2.97. The first-order valence-electron chi connectivity index (χ1n) is 7.06. The minimum absolute atomic E-state index is 0.151. The molecule has 4 nitrogen and oxygen atoms in total. The molecule has 0 aliphatic rings. The average Bonchev–Trinajstić information content (AvgIpc) is 2.38. The van der Waals surface area contributed by atoms with E-state index in [4.69, 9.17) is 4.55 Å². The third-order valence-electron chi connectivity index (χ3n) is 2.97. The van der Waals surface area contributed by atoms with E-state index in [1.165, 1.54) is 31.4 Å². The molecule has 21 heavy (non-hydrogen) atoms. The number of aliphatic hydroxyl groups is 1. The minimum atomic E-state index is -3.67. The SMILES string of the molecule is CCCCCCC(CO)c1ccc(F)cc1.CS(=O)(=O)O. The molecule has 1 unspecified atom stereocenters. The smallest absolute Gasteiger partial charge is 0.261 e. The summed E-state index contributed by atoms with van der Waals surface area (Å²) in [5.41, 5.74) is 1.04. The maximum Gasteiger partial charge on any atom is 0.261 e. The van der Waals surface area contributed by atoms with Crippen LogP contribution in [-0.4, -0.2) is 30.9 Å². The second-order valence-corrected chi connectivity index (χ2v) is 6.48. The van der Waals surface area contributed by atoms with E-state index in [-0.39, 0.29) is 18.3 Å². The van der Waals surface area contributed by atoms with Gasteiger partial charge in [0.25, 0.3) is 10.1 Å². The number of halogens is 1. The summed E-state index contributed by atoms with van der Waals surface area (Å²) in [6, 6.07) is 6.47. The van der Waals surface area contributed by atoms with Crippen LogP contribution >= 0.6 is 0 Å². The maximum absolute atomic E-state index is 12.7. The first kappa shape index (κ1) is 20.0. The Kier molecular flexibility index (Phi) is 10.2. The Hall–Kier alpha value is -0.980. The molecule has 2 N–H and O–H groups in total. The van der Waals surface area contributed by atoms with Gasteiger partial charge in [0.15, 0.2) is 0 Å². The zero-order valence-corrected chi connectivity index (χ0v) is 13.4. The minimum Gasteiger partial charge on any atom is -0.396 e. The summed E-state index contributed by atoms with van der Waals surface area (Å²) in [4.78, 5) is 0. The first-order valence-corrected chi connectivity index (χ1v) is 8.91. The van der Waals surface area contributed by atoms with Gasteiger partial charge in [0, 0.05) is 12.5 Å². The maximum atomic E-state index is 12.7. The number of benzene rings is 1. The van der Waals surface area contributed by atoms with Crippen LogP contribution in [-0.2, 0) is 10.1 Å². The summed E-state index contributed by atoms with van der Waals surface area (Å²) < 4.78 is 38.6. The molecule has 0 aliphatic carbocycles. The fourth-order valence-corrected chi connectivity index (χ4v) is 1.92. The van der Waals surface area contributed by atoms with Crippen molar-refractivity contribution in [2.24, 2.45) is 0 Å². The number of rotatable bonds is 7. The molecule has 6 heteroatoms. The highest BCUT2D eigenvalue weighted by Crippen LogP contribution is 2.22. The van der Waals surface area contributed by atoms with Gasteiger partial charge < -0.3 is 5.11 Å². The summed E-state index contributed by atoms with van der Waals surface area (Å²) in [6.45, 7) is 2.33. The molecule has 1 atom stereocenters. The molecule has 0 bridgehead atoms. The van der Waals surface area contributed by atoms with E-state index in [1.54, 1.807) is 12.1 Å². The van der Waals surface area contributed by atoms with Crippen LogP contribution in [0, 0.1) is 5.82 Å². The van der Waals surface area contributed by atoms with Crippen molar-refractivity contribution in [2.45, 2.75) is 44.9 Å². The number of hydrogen-bond donors (Lipinski definition) is 2. The summed E-state index contributed by atoms with van der Waals surface area (Å²) in [7, 11) is -3.67. The molecule has 0 radical (unpaired) electrons. The Labute approximate surface area is 126 Å². The van der Waals surface area contributed by atoms with E-state index in [2.05, 4.69) is 6.92 Å². The van der Waals surface area contributed by atoms with E-state index in [0.717, 1.165) is 18.4 Å². The fraction of sp³-hybridized carbons (Fsp3) is 0.600. The first-order chi connectivity index (χ1) is 9.77. The van der Waals surface area contributed by atoms with Gasteiger partial charge in [0.2, 0.25) is 0 Å². The van der Waals surface area contributed by atoms with Gasteiger partial charge >= 0.3 is 0 Å². The van der Waals surface area contributed by atoms with Gasteiger partial charge in [-0.15, -0.1) is 0 Å². The van der Waals surface area contributed by atoms with Crippen molar-refractivity contribution >= 4 is 10.1 Å². The lowest BCUT2D eigenvalue weighted by Crippen LogP contribution is -2.04. The van der Waals surface area contributed by atoms with Crippen LogP contribution in [0.2, 0.25) is 0 Å². The largest absolute Gasteiger partial charge is 0.396 e. The lowest BCUT2D eigenvalue weighted by molar-refractivity contribution is 0.256. The molecule has 0 spiro atoms. The molecule has 0 aliphatic heterocycles. The second-order valence-electron chi connectivity index (χ2n) is 5.01. The molecule has 122 valence electrons. The van der Waals surface area contributed by atoms with Gasteiger partial charge in [-0.25, -0.2) is 4.39 Å². The van der Waals surface area contributed by atoms with Gasteiger partial charge in [0.05, 0.1) is 6.26 Å². The van der Waals surface area contributed by atoms with E-state index >= 15 is 0 Å². The third kappa shape index (κ3) is 12.5. The molecule has 0 heterocycles. The molecular weight excluding hydrogens is 295 g/mol. The highest BCUT2D eigenvalue weighted by molar-refractivity contribution is 7.85. The number of hydrogen-bond acceptors (Lipinski definition) is 3. The molecule has 0 saturated carbocycles.